The van der Waals surface area contributed by atoms with Gasteiger partial charge in [-0.1, -0.05) is 44.4 Å². The molecule has 5 nitrogen and oxygen atoms in total. The van der Waals surface area contributed by atoms with Crippen molar-refractivity contribution in [3.63, 3.8) is 0 Å². The summed E-state index contributed by atoms with van der Waals surface area (Å²) in [5.41, 5.74) is 0.942. The van der Waals surface area contributed by atoms with Crippen LogP contribution in [0.25, 0.3) is 0 Å². The number of hydrogen-bond acceptors (Lipinski definition) is 5. The van der Waals surface area contributed by atoms with Gasteiger partial charge in [-0.05, 0) is 43.2 Å². The van der Waals surface area contributed by atoms with E-state index in [0.29, 0.717) is 5.17 Å². The highest BCUT2D eigenvalue weighted by Gasteiger charge is 2.25. The fraction of sp³-hybridized carbons (Fsp3) is 0.500. The maximum Gasteiger partial charge on any atom is 0.239 e. The van der Waals surface area contributed by atoms with Gasteiger partial charge in [0.1, 0.15) is 5.75 Å². The van der Waals surface area contributed by atoms with Gasteiger partial charge in [-0.15, -0.1) is 5.10 Å². The Morgan fingerprint density at radius 2 is 1.96 bits per heavy atom. The minimum atomic E-state index is -0.0997. The number of hydrogen-bond donors (Lipinski definition) is 1. The first kappa shape index (κ1) is 18.5. The minimum absolute atomic E-state index is 0.0230. The monoisotopic (exact) mass is 347 g/mol. The van der Waals surface area contributed by atoms with Gasteiger partial charge in [0.05, 0.1) is 18.1 Å². The number of nitrogens with zero attached hydrogens (tertiary/aromatic N) is 2. The summed E-state index contributed by atoms with van der Waals surface area (Å²) in [7, 11) is 0. The van der Waals surface area contributed by atoms with E-state index >= 15 is 0 Å². The number of thioether (sulfide) groups is 1. The minimum Gasteiger partial charge on any atom is -0.494 e. The first-order valence-corrected chi connectivity index (χ1v) is 9.38. The van der Waals surface area contributed by atoms with Gasteiger partial charge >= 0.3 is 0 Å². The molecule has 0 saturated carbocycles. The van der Waals surface area contributed by atoms with E-state index in [4.69, 9.17) is 4.74 Å². The number of unbranched alkanes of at least 4 members (excludes halogenated alkanes) is 4. The van der Waals surface area contributed by atoms with Crippen LogP contribution < -0.4 is 10.1 Å². The third-order valence-corrected chi connectivity index (χ3v) is 4.61. The normalized spacial score (nSPS) is 19.2. The third kappa shape index (κ3) is 6.35. The summed E-state index contributed by atoms with van der Waals surface area (Å²) >= 11 is 1.38. The highest BCUT2D eigenvalue weighted by molar-refractivity contribution is 8.15. The van der Waals surface area contributed by atoms with E-state index < -0.39 is 0 Å². The van der Waals surface area contributed by atoms with Gasteiger partial charge in [-0.2, -0.15) is 5.10 Å². The first-order chi connectivity index (χ1) is 11.7. The zero-order chi connectivity index (χ0) is 17.2. The molecule has 1 aliphatic heterocycles. The summed E-state index contributed by atoms with van der Waals surface area (Å²) in [5, 5.41) is 11.2. The number of carbonyl (C=O) groups excluding carboxylic acids is 1. The second kappa shape index (κ2) is 10.1. The average Bonchev–Trinajstić information content (AvgIpc) is 2.90. The van der Waals surface area contributed by atoms with E-state index in [9.17, 15) is 4.79 Å². The molecule has 1 saturated heterocycles. The van der Waals surface area contributed by atoms with Gasteiger partial charge in [0.25, 0.3) is 0 Å². The van der Waals surface area contributed by atoms with Crippen LogP contribution in [0.15, 0.2) is 34.5 Å². The summed E-state index contributed by atoms with van der Waals surface area (Å²) in [6, 6.07) is 7.77. The molecule has 1 N–H and O–H groups in total. The van der Waals surface area contributed by atoms with Crippen LogP contribution >= 0.6 is 11.8 Å². The largest absolute Gasteiger partial charge is 0.494 e. The van der Waals surface area contributed by atoms with Crippen LogP contribution in [0.3, 0.4) is 0 Å². The Balaban J connectivity index is 1.73. The fourth-order valence-electron chi connectivity index (χ4n) is 2.20. The smallest absolute Gasteiger partial charge is 0.239 e. The molecule has 1 aromatic carbocycles. The number of ether oxygens (including phenoxy) is 1. The molecule has 0 spiro atoms. The van der Waals surface area contributed by atoms with Gasteiger partial charge in [-0.3, -0.25) is 4.79 Å². The van der Waals surface area contributed by atoms with Crippen LogP contribution in [0.5, 0.6) is 5.75 Å². The summed E-state index contributed by atoms with van der Waals surface area (Å²) in [6.07, 6.45) is 7.85. The lowest BCUT2D eigenvalue weighted by molar-refractivity contribution is -0.118. The quantitative estimate of drug-likeness (QED) is 0.417. The van der Waals surface area contributed by atoms with E-state index in [0.717, 1.165) is 24.3 Å². The third-order valence-electron chi connectivity index (χ3n) is 3.64. The lowest BCUT2D eigenvalue weighted by Gasteiger charge is -2.06. The number of amides is 1. The van der Waals surface area contributed by atoms with Gasteiger partial charge in [0.2, 0.25) is 5.91 Å². The predicted molar refractivity (Wildman–Crippen MR) is 101 cm³/mol. The molecule has 0 aromatic heterocycles. The van der Waals surface area contributed by atoms with Gasteiger partial charge in [0.15, 0.2) is 5.17 Å². The van der Waals surface area contributed by atoms with Crippen LogP contribution in [0.4, 0.5) is 0 Å². The SMILES string of the molecule is CCCCCCCOc1ccc(C=N/N=C2\NC(=O)C(C)S2)cc1. The number of nitrogens with one attached hydrogen (secondary N) is 1. The van der Waals surface area contributed by atoms with E-state index in [2.05, 4.69) is 22.4 Å². The summed E-state index contributed by atoms with van der Waals surface area (Å²) in [6.45, 7) is 4.82. The molecule has 1 unspecified atom stereocenters. The van der Waals surface area contributed by atoms with Gasteiger partial charge in [0, 0.05) is 0 Å². The van der Waals surface area contributed by atoms with Crippen molar-refractivity contribution in [1.82, 2.24) is 5.32 Å². The zero-order valence-corrected chi connectivity index (χ0v) is 15.1. The van der Waals surface area contributed by atoms with Crippen molar-refractivity contribution in [3.05, 3.63) is 29.8 Å². The van der Waals surface area contributed by atoms with E-state index in [1.807, 2.05) is 31.2 Å². The number of carbonyl (C=O) groups is 1. The molecule has 2 rings (SSSR count). The zero-order valence-electron chi connectivity index (χ0n) is 14.3. The van der Waals surface area contributed by atoms with E-state index in [1.54, 1.807) is 6.21 Å². The number of benzene rings is 1. The van der Waals surface area contributed by atoms with Crippen molar-refractivity contribution in [1.29, 1.82) is 0 Å². The Hall–Kier alpha value is -1.82. The first-order valence-electron chi connectivity index (χ1n) is 8.50. The second-order valence-corrected chi connectivity index (χ2v) is 7.06. The van der Waals surface area contributed by atoms with Crippen LogP contribution in [0.1, 0.15) is 51.5 Å². The predicted octanol–water partition coefficient (Wildman–Crippen LogP) is 3.98. The highest BCUT2D eigenvalue weighted by Crippen LogP contribution is 2.18. The standard InChI is InChI=1S/C18H25N3O2S/c1-3-4-5-6-7-12-23-16-10-8-15(9-11-16)13-19-21-18-20-17(22)14(2)24-18/h8-11,13-14H,3-7,12H2,1-2H3,(H,20,21,22). The molecule has 1 amide bonds. The van der Waals surface area contributed by atoms with Gasteiger partial charge in [-0.25, -0.2) is 0 Å². The lowest BCUT2D eigenvalue weighted by Crippen LogP contribution is -2.23. The summed E-state index contributed by atoms with van der Waals surface area (Å²) < 4.78 is 5.73. The summed E-state index contributed by atoms with van der Waals surface area (Å²) in [5.74, 6) is 0.853. The molecule has 130 valence electrons. The average molecular weight is 347 g/mol. The maximum absolute atomic E-state index is 11.3. The van der Waals surface area contributed by atoms with Crippen molar-refractivity contribution in [2.45, 2.75) is 51.2 Å². The molecule has 0 bridgehead atoms. The molecule has 1 aromatic rings. The molecule has 1 heterocycles. The lowest BCUT2D eigenvalue weighted by atomic mass is 10.2. The molecule has 6 heteroatoms. The molecule has 1 fully saturated rings. The van der Waals surface area contributed by atoms with Crippen molar-refractivity contribution in [2.24, 2.45) is 10.2 Å². The molecule has 1 aliphatic rings. The van der Waals surface area contributed by atoms with Crippen LogP contribution in [0.2, 0.25) is 0 Å². The summed E-state index contributed by atoms with van der Waals surface area (Å²) in [4.78, 5) is 11.3. The Labute approximate surface area is 148 Å². The van der Waals surface area contributed by atoms with Crippen LogP contribution in [-0.4, -0.2) is 29.1 Å². The Bertz CT molecular complexity index is 584. The molecule has 1 atom stereocenters. The number of amidine groups is 1. The molecular formula is C18H25N3O2S. The maximum atomic E-state index is 11.3. The van der Waals surface area contributed by atoms with E-state index in [-0.39, 0.29) is 11.2 Å². The highest BCUT2D eigenvalue weighted by atomic mass is 32.2. The van der Waals surface area contributed by atoms with Crippen LogP contribution in [-0.2, 0) is 4.79 Å². The Kier molecular flexibility index (Phi) is 7.82. The van der Waals surface area contributed by atoms with Crippen molar-refractivity contribution >= 4 is 29.1 Å². The van der Waals surface area contributed by atoms with Gasteiger partial charge < -0.3 is 10.1 Å². The second-order valence-electron chi connectivity index (χ2n) is 5.73. The molecular weight excluding hydrogens is 322 g/mol. The Morgan fingerprint density at radius 1 is 1.21 bits per heavy atom. The van der Waals surface area contributed by atoms with Crippen LogP contribution in [0, 0.1) is 0 Å². The Morgan fingerprint density at radius 3 is 2.62 bits per heavy atom. The van der Waals surface area contributed by atoms with Crippen molar-refractivity contribution in [2.75, 3.05) is 6.61 Å². The molecule has 0 radical (unpaired) electrons. The topological polar surface area (TPSA) is 63.1 Å². The van der Waals surface area contributed by atoms with Crippen molar-refractivity contribution < 1.29 is 9.53 Å². The number of rotatable bonds is 9. The fourth-order valence-corrected chi connectivity index (χ4v) is 2.95. The molecule has 24 heavy (non-hydrogen) atoms. The molecule has 0 aliphatic carbocycles. The van der Waals surface area contributed by atoms with E-state index in [1.165, 1.54) is 37.4 Å². The van der Waals surface area contributed by atoms with Crippen molar-refractivity contribution in [3.8, 4) is 5.75 Å².